The van der Waals surface area contributed by atoms with Crippen LogP contribution in [0.15, 0.2) is 15.4 Å². The minimum absolute atomic E-state index is 0.113. The van der Waals surface area contributed by atoms with Crippen LogP contribution in [0.1, 0.15) is 29.8 Å². The van der Waals surface area contributed by atoms with Gasteiger partial charge in [-0.15, -0.1) is 11.3 Å². The van der Waals surface area contributed by atoms with Crippen molar-refractivity contribution >= 4 is 40.2 Å². The lowest BCUT2D eigenvalue weighted by atomic mass is 10.1. The third-order valence-corrected chi connectivity index (χ3v) is 5.20. The Morgan fingerprint density at radius 2 is 2.11 bits per heavy atom. The van der Waals surface area contributed by atoms with Crippen LogP contribution in [-0.2, 0) is 4.79 Å². The van der Waals surface area contributed by atoms with Gasteiger partial charge in [0, 0.05) is 13.1 Å². The van der Waals surface area contributed by atoms with E-state index in [1.54, 1.807) is 16.8 Å². The molecule has 4 nitrogen and oxygen atoms in total. The molecule has 2 aliphatic heterocycles. The van der Waals surface area contributed by atoms with Gasteiger partial charge in [-0.25, -0.2) is 4.98 Å². The second-order valence-electron chi connectivity index (χ2n) is 4.66. The molecule has 19 heavy (non-hydrogen) atoms. The summed E-state index contributed by atoms with van der Waals surface area (Å²) in [5, 5.41) is 0.873. The number of thiazole rings is 1. The largest absolute Gasteiger partial charge is 0.351 e. The maximum atomic E-state index is 11.9. The van der Waals surface area contributed by atoms with Crippen LogP contribution >= 0.6 is 23.1 Å². The van der Waals surface area contributed by atoms with Crippen molar-refractivity contribution in [2.75, 3.05) is 13.1 Å². The highest BCUT2D eigenvalue weighted by molar-refractivity contribution is 8.18. The Morgan fingerprint density at radius 3 is 2.79 bits per heavy atom. The summed E-state index contributed by atoms with van der Waals surface area (Å²) in [6.45, 7) is 4.00. The van der Waals surface area contributed by atoms with Crippen molar-refractivity contribution in [1.82, 2.24) is 9.88 Å². The molecule has 100 valence electrons. The summed E-state index contributed by atoms with van der Waals surface area (Å²) in [6.07, 6.45) is 5.59. The summed E-state index contributed by atoms with van der Waals surface area (Å²) < 4.78 is 0. The molecule has 1 aromatic heterocycles. The van der Waals surface area contributed by atoms with E-state index in [9.17, 15) is 4.79 Å². The molecule has 3 heterocycles. The van der Waals surface area contributed by atoms with Crippen LogP contribution in [0.2, 0.25) is 0 Å². The van der Waals surface area contributed by atoms with Crippen molar-refractivity contribution in [3.63, 3.8) is 0 Å². The van der Waals surface area contributed by atoms with Gasteiger partial charge in [-0.05, 0) is 44.0 Å². The summed E-state index contributed by atoms with van der Waals surface area (Å²) in [5.74, 6) is -0.113. The summed E-state index contributed by atoms with van der Waals surface area (Å²) >= 11 is 3.06. The first kappa shape index (κ1) is 12.9. The van der Waals surface area contributed by atoms with Crippen molar-refractivity contribution in [3.05, 3.63) is 21.0 Å². The molecule has 0 N–H and O–H groups in total. The molecular formula is C13H15N3OS2. The number of likely N-dealkylation sites (tertiary alicyclic amines) is 1. The number of amidine groups is 1. The third-order valence-electron chi connectivity index (χ3n) is 3.28. The number of hydrogen-bond donors (Lipinski definition) is 0. The van der Waals surface area contributed by atoms with Crippen LogP contribution < -0.4 is 0 Å². The molecular weight excluding hydrogens is 278 g/mol. The fourth-order valence-electron chi connectivity index (χ4n) is 2.19. The molecule has 0 unspecified atom stereocenters. The topological polar surface area (TPSA) is 45.6 Å². The highest BCUT2D eigenvalue weighted by atomic mass is 32.2. The van der Waals surface area contributed by atoms with E-state index in [4.69, 9.17) is 0 Å². The van der Waals surface area contributed by atoms with Crippen LogP contribution in [0.25, 0.3) is 6.08 Å². The number of rotatable bonds is 1. The Labute approximate surface area is 120 Å². The second kappa shape index (κ2) is 5.46. The predicted molar refractivity (Wildman–Crippen MR) is 80.3 cm³/mol. The molecule has 2 aliphatic rings. The van der Waals surface area contributed by atoms with Crippen molar-refractivity contribution in [1.29, 1.82) is 0 Å². The second-order valence-corrected chi connectivity index (χ2v) is 6.56. The van der Waals surface area contributed by atoms with E-state index in [2.05, 4.69) is 14.9 Å². The van der Waals surface area contributed by atoms with Crippen LogP contribution in [0, 0.1) is 6.92 Å². The molecule has 0 bridgehead atoms. The van der Waals surface area contributed by atoms with Crippen molar-refractivity contribution in [2.45, 2.75) is 26.2 Å². The Kier molecular flexibility index (Phi) is 3.70. The molecule has 6 heteroatoms. The molecule has 1 amide bonds. The smallest absolute Gasteiger partial charge is 0.286 e. The van der Waals surface area contributed by atoms with Gasteiger partial charge >= 0.3 is 0 Å². The highest BCUT2D eigenvalue weighted by Crippen LogP contribution is 2.32. The van der Waals surface area contributed by atoms with Crippen LogP contribution in [0.3, 0.4) is 0 Å². The lowest BCUT2D eigenvalue weighted by molar-refractivity contribution is -0.113. The molecule has 1 aromatic rings. The summed E-state index contributed by atoms with van der Waals surface area (Å²) in [5.41, 5.74) is 2.77. The van der Waals surface area contributed by atoms with Gasteiger partial charge in [-0.2, -0.15) is 4.99 Å². The number of piperidine rings is 1. The maximum Gasteiger partial charge on any atom is 0.286 e. The van der Waals surface area contributed by atoms with E-state index >= 15 is 0 Å². The highest BCUT2D eigenvalue weighted by Gasteiger charge is 2.27. The van der Waals surface area contributed by atoms with E-state index in [-0.39, 0.29) is 5.91 Å². The molecule has 0 aromatic carbocycles. The SMILES string of the molecule is Cc1ncsc1C=C1SC(N2CCCCC2)=NC1=O. The normalized spacial score (nSPS) is 22.2. The first-order chi connectivity index (χ1) is 9.24. The Balaban J connectivity index is 1.76. The molecule has 0 spiro atoms. The number of aryl methyl sites for hydroxylation is 1. The fourth-order valence-corrected chi connectivity index (χ4v) is 3.94. The summed E-state index contributed by atoms with van der Waals surface area (Å²) in [7, 11) is 0. The van der Waals surface area contributed by atoms with Gasteiger partial charge in [0.2, 0.25) is 0 Å². The molecule has 1 fully saturated rings. The Morgan fingerprint density at radius 1 is 1.32 bits per heavy atom. The number of aliphatic imine (C=N–C) groups is 1. The molecule has 0 radical (unpaired) electrons. The zero-order valence-electron chi connectivity index (χ0n) is 10.8. The molecule has 1 saturated heterocycles. The maximum absolute atomic E-state index is 11.9. The minimum atomic E-state index is -0.113. The molecule has 0 aliphatic carbocycles. The lowest BCUT2D eigenvalue weighted by Gasteiger charge is -2.27. The molecule has 3 rings (SSSR count). The first-order valence-corrected chi connectivity index (χ1v) is 8.11. The van der Waals surface area contributed by atoms with Crippen LogP contribution in [0.5, 0.6) is 0 Å². The number of aromatic nitrogens is 1. The minimum Gasteiger partial charge on any atom is -0.351 e. The van der Waals surface area contributed by atoms with Crippen molar-refractivity contribution in [2.24, 2.45) is 4.99 Å². The average Bonchev–Trinajstić information content (AvgIpc) is 2.99. The number of nitrogens with zero attached hydrogens (tertiary/aromatic N) is 3. The fraction of sp³-hybridized carbons (Fsp3) is 0.462. The van der Waals surface area contributed by atoms with E-state index in [0.29, 0.717) is 4.91 Å². The number of hydrogen-bond acceptors (Lipinski definition) is 5. The van der Waals surface area contributed by atoms with E-state index in [1.807, 2.05) is 13.0 Å². The zero-order chi connectivity index (χ0) is 13.2. The van der Waals surface area contributed by atoms with Crippen LogP contribution in [-0.4, -0.2) is 34.0 Å². The van der Waals surface area contributed by atoms with E-state index in [1.165, 1.54) is 31.0 Å². The monoisotopic (exact) mass is 293 g/mol. The van der Waals surface area contributed by atoms with Gasteiger partial charge < -0.3 is 4.90 Å². The Bertz CT molecular complexity index is 556. The first-order valence-electron chi connectivity index (χ1n) is 6.41. The number of thioether (sulfide) groups is 1. The predicted octanol–water partition coefficient (Wildman–Crippen LogP) is 2.91. The van der Waals surface area contributed by atoms with Crippen molar-refractivity contribution in [3.8, 4) is 0 Å². The van der Waals surface area contributed by atoms with Gasteiger partial charge in [0.05, 0.1) is 21.0 Å². The average molecular weight is 293 g/mol. The van der Waals surface area contributed by atoms with Crippen molar-refractivity contribution < 1.29 is 4.79 Å². The quantitative estimate of drug-likeness (QED) is 0.747. The van der Waals surface area contributed by atoms with Gasteiger partial charge in [-0.1, -0.05) is 0 Å². The molecule has 0 atom stereocenters. The van der Waals surface area contributed by atoms with Gasteiger partial charge in [0.15, 0.2) is 5.17 Å². The van der Waals surface area contributed by atoms with E-state index < -0.39 is 0 Å². The van der Waals surface area contributed by atoms with Gasteiger partial charge in [0.1, 0.15) is 0 Å². The number of carbonyl (C=O) groups is 1. The van der Waals surface area contributed by atoms with E-state index in [0.717, 1.165) is 28.8 Å². The molecule has 0 saturated carbocycles. The number of carbonyl (C=O) groups excluding carboxylic acids is 1. The zero-order valence-corrected chi connectivity index (χ0v) is 12.4. The number of amides is 1. The summed E-state index contributed by atoms with van der Waals surface area (Å²) in [4.78, 5) is 24.3. The standard InChI is InChI=1S/C13H15N3OS2/c1-9-10(18-8-14-9)7-11-12(17)15-13(19-11)16-5-3-2-4-6-16/h7-8H,2-6H2,1H3. The Hall–Kier alpha value is -1.14. The summed E-state index contributed by atoms with van der Waals surface area (Å²) in [6, 6.07) is 0. The third kappa shape index (κ3) is 2.74. The van der Waals surface area contributed by atoms with Gasteiger partial charge in [0.25, 0.3) is 5.91 Å². The van der Waals surface area contributed by atoms with Crippen LogP contribution in [0.4, 0.5) is 0 Å². The lowest BCUT2D eigenvalue weighted by Crippen LogP contribution is -2.33. The van der Waals surface area contributed by atoms with Gasteiger partial charge in [-0.3, -0.25) is 4.79 Å².